The molecule has 0 aliphatic heterocycles. The Kier molecular flexibility index (Phi) is 4.53. The monoisotopic (exact) mass is 325 g/mol. The molecule has 100 valence electrons. The van der Waals surface area contributed by atoms with Gasteiger partial charge in [0.25, 0.3) is 6.43 Å². The zero-order chi connectivity index (χ0) is 13.8. The highest BCUT2D eigenvalue weighted by molar-refractivity contribution is 9.10. The zero-order valence-electron chi connectivity index (χ0n) is 10.5. The Hall–Kier alpha value is -1.42. The van der Waals surface area contributed by atoms with Gasteiger partial charge >= 0.3 is 0 Å². The zero-order valence-corrected chi connectivity index (χ0v) is 12.0. The van der Waals surface area contributed by atoms with Crippen molar-refractivity contribution >= 4 is 21.6 Å². The van der Waals surface area contributed by atoms with E-state index < -0.39 is 6.43 Å². The van der Waals surface area contributed by atoms with E-state index >= 15 is 0 Å². The number of halogens is 3. The molecule has 0 atom stereocenters. The molecule has 19 heavy (non-hydrogen) atoms. The van der Waals surface area contributed by atoms with E-state index in [2.05, 4.69) is 21.2 Å². The SMILES string of the molecule is Cc1cc(Br)cc(NCc2ccc(C(F)F)cc2)c1. The number of nitrogens with one attached hydrogen (secondary N) is 1. The van der Waals surface area contributed by atoms with Crippen LogP contribution in [0.1, 0.15) is 23.1 Å². The largest absolute Gasteiger partial charge is 0.381 e. The second-order valence-electron chi connectivity index (χ2n) is 4.41. The van der Waals surface area contributed by atoms with Gasteiger partial charge in [0.05, 0.1) is 0 Å². The maximum Gasteiger partial charge on any atom is 0.263 e. The molecular weight excluding hydrogens is 312 g/mol. The van der Waals surface area contributed by atoms with E-state index in [0.29, 0.717) is 6.54 Å². The Morgan fingerprint density at radius 3 is 2.37 bits per heavy atom. The fourth-order valence-corrected chi connectivity index (χ4v) is 2.43. The van der Waals surface area contributed by atoms with Gasteiger partial charge in [0, 0.05) is 22.3 Å². The van der Waals surface area contributed by atoms with Crippen molar-refractivity contribution in [2.45, 2.75) is 19.9 Å². The summed E-state index contributed by atoms with van der Waals surface area (Å²) in [5.41, 5.74) is 3.19. The number of alkyl halides is 2. The van der Waals surface area contributed by atoms with E-state index in [1.807, 2.05) is 25.1 Å². The molecule has 1 nitrogen and oxygen atoms in total. The Morgan fingerprint density at radius 2 is 1.79 bits per heavy atom. The fourth-order valence-electron chi connectivity index (χ4n) is 1.82. The molecule has 0 heterocycles. The lowest BCUT2D eigenvalue weighted by Gasteiger charge is -2.09. The van der Waals surface area contributed by atoms with Crippen molar-refractivity contribution in [2.75, 3.05) is 5.32 Å². The second kappa shape index (κ2) is 6.15. The maximum atomic E-state index is 12.4. The number of hydrogen-bond donors (Lipinski definition) is 1. The van der Waals surface area contributed by atoms with Crippen LogP contribution in [-0.4, -0.2) is 0 Å². The summed E-state index contributed by atoms with van der Waals surface area (Å²) in [6, 6.07) is 12.4. The molecule has 0 fully saturated rings. The van der Waals surface area contributed by atoms with Crippen molar-refractivity contribution in [3.8, 4) is 0 Å². The van der Waals surface area contributed by atoms with Gasteiger partial charge in [-0.2, -0.15) is 0 Å². The van der Waals surface area contributed by atoms with Gasteiger partial charge in [-0.25, -0.2) is 8.78 Å². The number of aryl methyl sites for hydroxylation is 1. The van der Waals surface area contributed by atoms with Crippen molar-refractivity contribution in [2.24, 2.45) is 0 Å². The molecule has 0 amide bonds. The van der Waals surface area contributed by atoms with Crippen LogP contribution in [0.2, 0.25) is 0 Å². The minimum Gasteiger partial charge on any atom is -0.381 e. The van der Waals surface area contributed by atoms with Crippen molar-refractivity contribution in [3.63, 3.8) is 0 Å². The summed E-state index contributed by atoms with van der Waals surface area (Å²) in [5.74, 6) is 0. The molecule has 0 saturated carbocycles. The van der Waals surface area contributed by atoms with E-state index in [4.69, 9.17) is 0 Å². The van der Waals surface area contributed by atoms with Crippen molar-refractivity contribution in [1.82, 2.24) is 0 Å². The highest BCUT2D eigenvalue weighted by Crippen LogP contribution is 2.21. The topological polar surface area (TPSA) is 12.0 Å². The van der Waals surface area contributed by atoms with Crippen LogP contribution in [0.25, 0.3) is 0 Å². The molecule has 0 radical (unpaired) electrons. The Labute approximate surface area is 119 Å². The van der Waals surface area contributed by atoms with Crippen LogP contribution in [0, 0.1) is 6.92 Å². The average molecular weight is 326 g/mol. The predicted molar refractivity (Wildman–Crippen MR) is 77.6 cm³/mol. The minimum atomic E-state index is -2.41. The van der Waals surface area contributed by atoms with Crippen LogP contribution in [0.5, 0.6) is 0 Å². The van der Waals surface area contributed by atoms with Gasteiger partial charge < -0.3 is 5.32 Å². The van der Waals surface area contributed by atoms with Gasteiger partial charge in [0.15, 0.2) is 0 Å². The smallest absolute Gasteiger partial charge is 0.263 e. The van der Waals surface area contributed by atoms with Gasteiger partial charge in [-0.15, -0.1) is 0 Å². The molecule has 2 aromatic rings. The van der Waals surface area contributed by atoms with E-state index in [1.54, 1.807) is 12.1 Å². The van der Waals surface area contributed by atoms with Crippen molar-refractivity contribution < 1.29 is 8.78 Å². The van der Waals surface area contributed by atoms with Crippen LogP contribution in [0.15, 0.2) is 46.9 Å². The molecule has 1 N–H and O–H groups in total. The summed E-state index contributed by atoms with van der Waals surface area (Å²) in [5, 5.41) is 3.27. The molecular formula is C15H14BrF2N. The highest BCUT2D eigenvalue weighted by Gasteiger charge is 2.05. The maximum absolute atomic E-state index is 12.4. The predicted octanol–water partition coefficient (Wildman–Crippen LogP) is 5.31. The fraction of sp³-hybridized carbons (Fsp3) is 0.200. The molecule has 4 heteroatoms. The van der Waals surface area contributed by atoms with E-state index in [1.165, 1.54) is 12.1 Å². The van der Waals surface area contributed by atoms with Crippen LogP contribution in [-0.2, 0) is 6.54 Å². The third-order valence-electron chi connectivity index (χ3n) is 2.77. The first kappa shape index (κ1) is 14.0. The summed E-state index contributed by atoms with van der Waals surface area (Å²) < 4.78 is 25.9. The lowest BCUT2D eigenvalue weighted by molar-refractivity contribution is 0.151. The molecule has 0 spiro atoms. The summed E-state index contributed by atoms with van der Waals surface area (Å²) in [7, 11) is 0. The summed E-state index contributed by atoms with van der Waals surface area (Å²) in [6.45, 7) is 2.63. The van der Waals surface area contributed by atoms with Crippen LogP contribution in [0.3, 0.4) is 0 Å². The summed E-state index contributed by atoms with van der Waals surface area (Å²) in [4.78, 5) is 0. The molecule has 2 rings (SSSR count). The van der Waals surface area contributed by atoms with E-state index in [-0.39, 0.29) is 5.56 Å². The molecule has 2 aromatic carbocycles. The Balaban J connectivity index is 2.02. The number of anilines is 1. The first-order valence-corrected chi connectivity index (χ1v) is 6.72. The third kappa shape index (κ3) is 4.03. The highest BCUT2D eigenvalue weighted by atomic mass is 79.9. The van der Waals surface area contributed by atoms with Gasteiger partial charge in [-0.05, 0) is 36.2 Å². The van der Waals surface area contributed by atoms with Crippen LogP contribution < -0.4 is 5.32 Å². The third-order valence-corrected chi connectivity index (χ3v) is 3.23. The second-order valence-corrected chi connectivity index (χ2v) is 5.33. The average Bonchev–Trinajstić information content (AvgIpc) is 2.36. The molecule has 0 unspecified atom stereocenters. The van der Waals surface area contributed by atoms with Crippen molar-refractivity contribution in [3.05, 3.63) is 63.6 Å². The minimum absolute atomic E-state index is 0.0575. The standard InChI is InChI=1S/C15H14BrF2N/c1-10-6-13(16)8-14(7-10)19-9-11-2-4-12(5-3-11)15(17)18/h2-8,15,19H,9H2,1H3. The van der Waals surface area contributed by atoms with Gasteiger partial charge in [0.2, 0.25) is 0 Å². The van der Waals surface area contributed by atoms with Gasteiger partial charge in [-0.1, -0.05) is 40.2 Å². The molecule has 0 aromatic heterocycles. The summed E-state index contributed by atoms with van der Waals surface area (Å²) >= 11 is 3.44. The summed E-state index contributed by atoms with van der Waals surface area (Å²) in [6.07, 6.45) is -2.41. The molecule has 0 saturated heterocycles. The molecule has 0 aliphatic carbocycles. The van der Waals surface area contributed by atoms with E-state index in [9.17, 15) is 8.78 Å². The normalized spacial score (nSPS) is 10.8. The number of benzene rings is 2. The lowest BCUT2D eigenvalue weighted by atomic mass is 10.1. The molecule has 0 aliphatic rings. The lowest BCUT2D eigenvalue weighted by Crippen LogP contribution is -2.00. The molecule has 0 bridgehead atoms. The first-order chi connectivity index (χ1) is 9.04. The van der Waals surface area contributed by atoms with Gasteiger partial charge in [-0.3, -0.25) is 0 Å². The van der Waals surface area contributed by atoms with Crippen LogP contribution in [0.4, 0.5) is 14.5 Å². The van der Waals surface area contributed by atoms with Crippen molar-refractivity contribution in [1.29, 1.82) is 0 Å². The van der Waals surface area contributed by atoms with Gasteiger partial charge in [0.1, 0.15) is 0 Å². The number of hydrogen-bond acceptors (Lipinski definition) is 1. The number of rotatable bonds is 4. The Bertz CT molecular complexity index is 532. The first-order valence-electron chi connectivity index (χ1n) is 5.92. The van der Waals surface area contributed by atoms with E-state index in [0.717, 1.165) is 21.3 Å². The van der Waals surface area contributed by atoms with Crippen LogP contribution >= 0.6 is 15.9 Å². The quantitative estimate of drug-likeness (QED) is 0.803. The Morgan fingerprint density at radius 1 is 1.11 bits per heavy atom.